The lowest BCUT2D eigenvalue weighted by atomic mass is 10.3. The molecule has 12 heavy (non-hydrogen) atoms. The van der Waals surface area contributed by atoms with Crippen molar-refractivity contribution in [3.63, 3.8) is 0 Å². The van der Waals surface area contributed by atoms with Gasteiger partial charge in [0.25, 0.3) is 0 Å². The summed E-state index contributed by atoms with van der Waals surface area (Å²) in [6.07, 6.45) is -1.49. The van der Waals surface area contributed by atoms with Crippen LogP contribution in [0.25, 0.3) is 0 Å². The largest absolute Gasteiger partial charge is 0.508 e. The molecule has 0 aromatic heterocycles. The Morgan fingerprint density at radius 3 is 2.67 bits per heavy atom. The molecule has 0 radical (unpaired) electrons. The van der Waals surface area contributed by atoms with Crippen LogP contribution in [0.1, 0.15) is 0 Å². The molecule has 0 fully saturated rings. The SMILES string of the molecule is Oc1cccc(OCC(O)O)c1. The molecule has 0 heterocycles. The van der Waals surface area contributed by atoms with Crippen molar-refractivity contribution in [1.82, 2.24) is 0 Å². The highest BCUT2D eigenvalue weighted by Crippen LogP contribution is 2.17. The maximum Gasteiger partial charge on any atom is 0.186 e. The van der Waals surface area contributed by atoms with Gasteiger partial charge in [-0.05, 0) is 12.1 Å². The number of benzene rings is 1. The molecule has 1 rings (SSSR count). The molecule has 0 atom stereocenters. The van der Waals surface area contributed by atoms with Crippen molar-refractivity contribution in [2.75, 3.05) is 6.61 Å². The van der Waals surface area contributed by atoms with Crippen molar-refractivity contribution in [3.8, 4) is 11.5 Å². The highest BCUT2D eigenvalue weighted by atomic mass is 16.5. The second-order valence-corrected chi connectivity index (χ2v) is 2.29. The monoisotopic (exact) mass is 170 g/mol. The Morgan fingerprint density at radius 2 is 2.08 bits per heavy atom. The number of rotatable bonds is 3. The van der Waals surface area contributed by atoms with Gasteiger partial charge in [0.05, 0.1) is 0 Å². The fourth-order valence-corrected chi connectivity index (χ4v) is 0.744. The van der Waals surface area contributed by atoms with E-state index in [9.17, 15) is 0 Å². The van der Waals surface area contributed by atoms with Crippen molar-refractivity contribution in [3.05, 3.63) is 24.3 Å². The predicted octanol–water partition coefficient (Wildman–Crippen LogP) is 0.0817. The molecular weight excluding hydrogens is 160 g/mol. The average Bonchev–Trinajstić information content (AvgIpc) is 2.01. The molecule has 0 saturated heterocycles. The summed E-state index contributed by atoms with van der Waals surface area (Å²) in [6, 6.07) is 6.11. The van der Waals surface area contributed by atoms with E-state index in [1.807, 2.05) is 0 Å². The first-order valence-electron chi connectivity index (χ1n) is 3.46. The quantitative estimate of drug-likeness (QED) is 0.562. The van der Waals surface area contributed by atoms with Gasteiger partial charge in [-0.2, -0.15) is 0 Å². The van der Waals surface area contributed by atoms with Gasteiger partial charge in [0, 0.05) is 6.07 Å². The molecular formula is C8H10O4. The minimum atomic E-state index is -1.49. The van der Waals surface area contributed by atoms with Crippen molar-refractivity contribution in [2.45, 2.75) is 6.29 Å². The lowest BCUT2D eigenvalue weighted by molar-refractivity contribution is -0.0681. The molecule has 1 aromatic rings. The van der Waals surface area contributed by atoms with E-state index in [1.54, 1.807) is 12.1 Å². The molecule has 4 heteroatoms. The number of phenols is 1. The van der Waals surface area contributed by atoms with Gasteiger partial charge in [-0.25, -0.2) is 0 Å². The van der Waals surface area contributed by atoms with Crippen LogP contribution >= 0.6 is 0 Å². The minimum Gasteiger partial charge on any atom is -0.508 e. The molecule has 0 aliphatic rings. The Labute approximate surface area is 69.7 Å². The zero-order valence-corrected chi connectivity index (χ0v) is 6.34. The maximum absolute atomic E-state index is 8.97. The number of aliphatic hydroxyl groups is 2. The minimum absolute atomic E-state index is 0.0833. The van der Waals surface area contributed by atoms with Crippen molar-refractivity contribution >= 4 is 0 Å². The Balaban J connectivity index is 2.52. The number of aliphatic hydroxyl groups excluding tert-OH is 1. The van der Waals surface area contributed by atoms with Crippen LogP contribution in [0.15, 0.2) is 24.3 Å². The summed E-state index contributed by atoms with van der Waals surface area (Å²) < 4.78 is 4.89. The van der Waals surface area contributed by atoms with Crippen LogP contribution in [0.4, 0.5) is 0 Å². The zero-order chi connectivity index (χ0) is 8.97. The highest BCUT2D eigenvalue weighted by molar-refractivity contribution is 5.31. The third-order valence-corrected chi connectivity index (χ3v) is 1.22. The summed E-state index contributed by atoms with van der Waals surface area (Å²) in [6.45, 7) is -0.205. The van der Waals surface area contributed by atoms with E-state index in [2.05, 4.69) is 0 Å². The smallest absolute Gasteiger partial charge is 0.186 e. The molecule has 3 N–H and O–H groups in total. The topological polar surface area (TPSA) is 69.9 Å². The maximum atomic E-state index is 8.97. The van der Waals surface area contributed by atoms with Crippen molar-refractivity contribution in [1.29, 1.82) is 0 Å². The van der Waals surface area contributed by atoms with Crippen molar-refractivity contribution < 1.29 is 20.1 Å². The van der Waals surface area contributed by atoms with E-state index in [0.717, 1.165) is 0 Å². The molecule has 1 aromatic carbocycles. The fourth-order valence-electron chi connectivity index (χ4n) is 0.744. The van der Waals surface area contributed by atoms with Crippen LogP contribution in [-0.4, -0.2) is 28.2 Å². The third kappa shape index (κ3) is 2.77. The van der Waals surface area contributed by atoms with Gasteiger partial charge in [0.2, 0.25) is 0 Å². The molecule has 0 aliphatic carbocycles. The van der Waals surface area contributed by atoms with Crippen LogP contribution in [0.2, 0.25) is 0 Å². The summed E-state index contributed by atoms with van der Waals surface area (Å²) in [7, 11) is 0. The Hall–Kier alpha value is -1.26. The van der Waals surface area contributed by atoms with E-state index in [1.165, 1.54) is 12.1 Å². The van der Waals surface area contributed by atoms with E-state index in [4.69, 9.17) is 20.1 Å². The van der Waals surface area contributed by atoms with Gasteiger partial charge >= 0.3 is 0 Å². The molecule has 4 nitrogen and oxygen atoms in total. The van der Waals surface area contributed by atoms with Gasteiger partial charge < -0.3 is 20.1 Å². The molecule has 0 amide bonds. The van der Waals surface area contributed by atoms with Crippen molar-refractivity contribution in [2.24, 2.45) is 0 Å². The van der Waals surface area contributed by atoms with Gasteiger partial charge in [-0.3, -0.25) is 0 Å². The van der Waals surface area contributed by atoms with Gasteiger partial charge in [0.15, 0.2) is 6.29 Å². The molecule has 0 unspecified atom stereocenters. The first kappa shape index (κ1) is 8.83. The van der Waals surface area contributed by atoms with Crippen LogP contribution in [-0.2, 0) is 0 Å². The first-order chi connectivity index (χ1) is 5.68. The number of aromatic hydroxyl groups is 1. The van der Waals surface area contributed by atoms with Gasteiger partial charge in [-0.1, -0.05) is 6.07 Å². The summed E-state index contributed by atoms with van der Waals surface area (Å²) in [5.74, 6) is 0.489. The van der Waals surface area contributed by atoms with Crippen LogP contribution in [0, 0.1) is 0 Å². The standard InChI is InChI=1S/C8H10O4/c9-6-2-1-3-7(4-6)12-5-8(10)11/h1-4,8-11H,5H2. The molecule has 0 spiro atoms. The van der Waals surface area contributed by atoms with E-state index >= 15 is 0 Å². The number of phenolic OH excluding ortho intramolecular Hbond substituents is 1. The van der Waals surface area contributed by atoms with Gasteiger partial charge in [-0.15, -0.1) is 0 Å². The summed E-state index contributed by atoms with van der Waals surface area (Å²) in [4.78, 5) is 0. The third-order valence-electron chi connectivity index (χ3n) is 1.22. The average molecular weight is 170 g/mol. The fraction of sp³-hybridized carbons (Fsp3) is 0.250. The Morgan fingerprint density at radius 1 is 1.33 bits per heavy atom. The predicted molar refractivity (Wildman–Crippen MR) is 41.8 cm³/mol. The summed E-state index contributed by atoms with van der Waals surface area (Å²) in [5, 5.41) is 25.9. The number of hydrogen-bond acceptors (Lipinski definition) is 4. The number of hydrogen-bond donors (Lipinski definition) is 3. The van der Waals surface area contributed by atoms with E-state index in [-0.39, 0.29) is 12.4 Å². The van der Waals surface area contributed by atoms with Crippen LogP contribution in [0.3, 0.4) is 0 Å². The van der Waals surface area contributed by atoms with Gasteiger partial charge in [0.1, 0.15) is 18.1 Å². The molecule has 0 aliphatic heterocycles. The van der Waals surface area contributed by atoms with Crippen LogP contribution < -0.4 is 4.74 Å². The summed E-state index contributed by atoms with van der Waals surface area (Å²) >= 11 is 0. The number of ether oxygens (including phenoxy) is 1. The van der Waals surface area contributed by atoms with E-state index < -0.39 is 6.29 Å². The van der Waals surface area contributed by atoms with Crippen LogP contribution in [0.5, 0.6) is 11.5 Å². The first-order valence-corrected chi connectivity index (χ1v) is 3.46. The molecule has 66 valence electrons. The zero-order valence-electron chi connectivity index (χ0n) is 6.34. The molecule has 0 saturated carbocycles. The molecule has 0 bridgehead atoms. The van der Waals surface area contributed by atoms with E-state index in [0.29, 0.717) is 5.75 Å². The summed E-state index contributed by atoms with van der Waals surface area (Å²) in [5.41, 5.74) is 0. The lowest BCUT2D eigenvalue weighted by Gasteiger charge is -2.06. The Bertz CT molecular complexity index is 247. The Kier molecular flexibility index (Phi) is 2.90. The second-order valence-electron chi connectivity index (χ2n) is 2.29. The highest BCUT2D eigenvalue weighted by Gasteiger charge is 1.99. The lowest BCUT2D eigenvalue weighted by Crippen LogP contribution is -2.15. The normalized spacial score (nSPS) is 10.2. The second kappa shape index (κ2) is 3.94.